The number of nitrogens with zero attached hydrogens (tertiary/aromatic N) is 1. The van der Waals surface area contributed by atoms with Crippen LogP contribution in [0.25, 0.3) is 0 Å². The van der Waals surface area contributed by atoms with Crippen LogP contribution < -0.4 is 0 Å². The zero-order valence-electron chi connectivity index (χ0n) is 7.05. The molecular weight excluding hydrogens is 138 g/mol. The van der Waals surface area contributed by atoms with Crippen LogP contribution in [0.1, 0.15) is 26.2 Å². The number of rotatable bonds is 4. The molecule has 0 N–H and O–H groups in total. The van der Waals surface area contributed by atoms with Crippen LogP contribution >= 0.6 is 0 Å². The summed E-state index contributed by atoms with van der Waals surface area (Å²) < 4.78 is 0. The van der Waals surface area contributed by atoms with Crippen molar-refractivity contribution < 1.29 is 4.79 Å². The van der Waals surface area contributed by atoms with Crippen LogP contribution in [0.5, 0.6) is 0 Å². The molecule has 1 aliphatic heterocycles. The van der Waals surface area contributed by atoms with Crippen molar-refractivity contribution in [3.05, 3.63) is 12.7 Å². The molecular formula is C9H15NO. The smallest absolute Gasteiger partial charge is 0.246 e. The zero-order chi connectivity index (χ0) is 8.27. The number of hydrogen-bond acceptors (Lipinski definition) is 1. The fourth-order valence-electron chi connectivity index (χ4n) is 1.25. The maximum atomic E-state index is 11.0. The van der Waals surface area contributed by atoms with E-state index < -0.39 is 0 Å². The van der Waals surface area contributed by atoms with Crippen molar-refractivity contribution in [2.45, 2.75) is 32.2 Å². The third-order valence-electron chi connectivity index (χ3n) is 2.06. The van der Waals surface area contributed by atoms with E-state index in [-0.39, 0.29) is 5.91 Å². The average molecular weight is 153 g/mol. The molecule has 1 heterocycles. The van der Waals surface area contributed by atoms with Crippen LogP contribution in [-0.4, -0.2) is 23.4 Å². The fraction of sp³-hybridized carbons (Fsp3) is 0.667. The van der Waals surface area contributed by atoms with E-state index in [9.17, 15) is 4.79 Å². The van der Waals surface area contributed by atoms with Crippen molar-refractivity contribution in [1.29, 1.82) is 0 Å². The van der Waals surface area contributed by atoms with Crippen molar-refractivity contribution in [3.8, 4) is 0 Å². The Labute approximate surface area is 67.9 Å². The molecule has 1 saturated heterocycles. The standard InChI is InChI=1S/C9H15NO/c1-3-5-6-8-7-10(8)9(11)4-2/h4,8H,2-3,5-7H2,1H3. The molecule has 0 aromatic carbocycles. The number of carbonyl (C=O) groups is 1. The first-order valence-electron chi connectivity index (χ1n) is 4.22. The predicted molar refractivity (Wildman–Crippen MR) is 45.2 cm³/mol. The van der Waals surface area contributed by atoms with Gasteiger partial charge in [-0.15, -0.1) is 0 Å². The molecule has 2 heteroatoms. The van der Waals surface area contributed by atoms with Crippen LogP contribution in [0.15, 0.2) is 12.7 Å². The molecule has 0 aromatic heterocycles. The minimum Gasteiger partial charge on any atom is -0.332 e. The quantitative estimate of drug-likeness (QED) is 0.443. The van der Waals surface area contributed by atoms with Crippen LogP contribution in [0.4, 0.5) is 0 Å². The summed E-state index contributed by atoms with van der Waals surface area (Å²) in [5.74, 6) is 0.0890. The molecule has 1 unspecified atom stereocenters. The maximum Gasteiger partial charge on any atom is 0.246 e. The van der Waals surface area contributed by atoms with E-state index in [4.69, 9.17) is 0 Å². The molecule has 2 nitrogen and oxygen atoms in total. The average Bonchev–Trinajstić information content (AvgIpc) is 2.78. The van der Waals surface area contributed by atoms with Crippen LogP contribution in [0.2, 0.25) is 0 Å². The zero-order valence-corrected chi connectivity index (χ0v) is 7.05. The van der Waals surface area contributed by atoms with Gasteiger partial charge in [-0.1, -0.05) is 26.3 Å². The van der Waals surface area contributed by atoms with Gasteiger partial charge in [-0.05, 0) is 12.5 Å². The molecule has 62 valence electrons. The highest BCUT2D eigenvalue weighted by atomic mass is 16.2. The van der Waals surface area contributed by atoms with Crippen molar-refractivity contribution >= 4 is 5.91 Å². The van der Waals surface area contributed by atoms with E-state index in [1.54, 1.807) is 0 Å². The first-order chi connectivity index (χ1) is 5.29. The van der Waals surface area contributed by atoms with E-state index in [1.165, 1.54) is 18.9 Å². The molecule has 0 bridgehead atoms. The molecule has 0 spiro atoms. The van der Waals surface area contributed by atoms with E-state index in [0.29, 0.717) is 6.04 Å². The monoisotopic (exact) mass is 153 g/mol. The number of amides is 1. The number of hydrogen-bond donors (Lipinski definition) is 0. The van der Waals surface area contributed by atoms with Gasteiger partial charge in [0.1, 0.15) is 0 Å². The normalized spacial score (nSPS) is 21.5. The Morgan fingerprint density at radius 1 is 1.82 bits per heavy atom. The molecule has 1 rings (SSSR count). The lowest BCUT2D eigenvalue weighted by atomic mass is 10.2. The third-order valence-corrected chi connectivity index (χ3v) is 2.06. The Morgan fingerprint density at radius 3 is 3.09 bits per heavy atom. The second kappa shape index (κ2) is 3.56. The topological polar surface area (TPSA) is 20.1 Å². The van der Waals surface area contributed by atoms with Crippen LogP contribution in [-0.2, 0) is 4.79 Å². The van der Waals surface area contributed by atoms with Gasteiger partial charge >= 0.3 is 0 Å². The second-order valence-corrected chi connectivity index (χ2v) is 2.99. The Balaban J connectivity index is 2.15. The highest BCUT2D eigenvalue weighted by Crippen LogP contribution is 2.22. The summed E-state index contributed by atoms with van der Waals surface area (Å²) in [5.41, 5.74) is 0. The summed E-state index contributed by atoms with van der Waals surface area (Å²) in [5, 5.41) is 0. The van der Waals surface area contributed by atoms with Crippen molar-refractivity contribution in [1.82, 2.24) is 4.90 Å². The molecule has 11 heavy (non-hydrogen) atoms. The molecule has 0 saturated carbocycles. The van der Waals surface area contributed by atoms with E-state index in [1.807, 2.05) is 4.90 Å². The van der Waals surface area contributed by atoms with Gasteiger partial charge in [0.15, 0.2) is 0 Å². The van der Waals surface area contributed by atoms with Gasteiger partial charge in [0.05, 0.1) is 0 Å². The molecule has 0 aromatic rings. The van der Waals surface area contributed by atoms with Gasteiger partial charge in [0.2, 0.25) is 5.91 Å². The van der Waals surface area contributed by atoms with Crippen LogP contribution in [0.3, 0.4) is 0 Å². The summed E-state index contributed by atoms with van der Waals surface area (Å²) in [6.45, 7) is 6.56. The highest BCUT2D eigenvalue weighted by molar-refractivity contribution is 5.89. The predicted octanol–water partition coefficient (Wildman–Crippen LogP) is 1.57. The summed E-state index contributed by atoms with van der Waals surface area (Å²) in [6.07, 6.45) is 5.00. The Bertz CT molecular complexity index is 165. The van der Waals surface area contributed by atoms with E-state index in [0.717, 1.165) is 13.0 Å². The van der Waals surface area contributed by atoms with Gasteiger partial charge in [-0.2, -0.15) is 0 Å². The third kappa shape index (κ3) is 2.07. The van der Waals surface area contributed by atoms with Gasteiger partial charge in [-0.3, -0.25) is 4.79 Å². The Hall–Kier alpha value is -0.790. The Morgan fingerprint density at radius 2 is 2.55 bits per heavy atom. The SMILES string of the molecule is C=CC(=O)N1CC1CCCC. The summed E-state index contributed by atoms with van der Waals surface area (Å²) >= 11 is 0. The second-order valence-electron chi connectivity index (χ2n) is 2.99. The molecule has 1 fully saturated rings. The highest BCUT2D eigenvalue weighted by Gasteiger charge is 2.35. The van der Waals surface area contributed by atoms with Crippen LogP contribution in [0, 0.1) is 0 Å². The van der Waals surface area contributed by atoms with Crippen molar-refractivity contribution in [2.75, 3.05) is 6.54 Å². The maximum absolute atomic E-state index is 11.0. The van der Waals surface area contributed by atoms with Gasteiger partial charge in [0.25, 0.3) is 0 Å². The number of carbonyl (C=O) groups excluding carboxylic acids is 1. The lowest BCUT2D eigenvalue weighted by Gasteiger charge is -1.97. The summed E-state index contributed by atoms with van der Waals surface area (Å²) in [7, 11) is 0. The van der Waals surface area contributed by atoms with Gasteiger partial charge in [-0.25, -0.2) is 0 Å². The molecule has 1 aliphatic rings. The minimum absolute atomic E-state index is 0.0890. The van der Waals surface area contributed by atoms with E-state index in [2.05, 4.69) is 13.5 Å². The lowest BCUT2D eigenvalue weighted by molar-refractivity contribution is -0.121. The summed E-state index contributed by atoms with van der Waals surface area (Å²) in [6, 6.07) is 0.528. The number of unbranched alkanes of at least 4 members (excludes halogenated alkanes) is 1. The van der Waals surface area contributed by atoms with E-state index >= 15 is 0 Å². The first kappa shape index (κ1) is 8.31. The van der Waals surface area contributed by atoms with Crippen molar-refractivity contribution in [2.24, 2.45) is 0 Å². The largest absolute Gasteiger partial charge is 0.332 e. The minimum atomic E-state index is 0.0890. The van der Waals surface area contributed by atoms with Crippen molar-refractivity contribution in [3.63, 3.8) is 0 Å². The molecule has 0 aliphatic carbocycles. The molecule has 0 radical (unpaired) electrons. The first-order valence-corrected chi connectivity index (χ1v) is 4.22. The molecule has 1 atom stereocenters. The fourth-order valence-corrected chi connectivity index (χ4v) is 1.25. The summed E-state index contributed by atoms with van der Waals surface area (Å²) in [4.78, 5) is 12.8. The Kier molecular flexibility index (Phi) is 2.69. The molecule has 1 amide bonds. The van der Waals surface area contributed by atoms with Gasteiger partial charge < -0.3 is 4.90 Å². The lowest BCUT2D eigenvalue weighted by Crippen LogP contribution is -2.09. The van der Waals surface area contributed by atoms with Gasteiger partial charge in [0, 0.05) is 12.6 Å².